The van der Waals surface area contributed by atoms with Crippen LogP contribution < -0.4 is 20.9 Å². The van der Waals surface area contributed by atoms with Crippen molar-refractivity contribution < 1.29 is 22.5 Å². The van der Waals surface area contributed by atoms with Crippen LogP contribution in [0.3, 0.4) is 0 Å². The first-order chi connectivity index (χ1) is 13.9. The van der Waals surface area contributed by atoms with Crippen LogP contribution in [0, 0.1) is 0 Å². The van der Waals surface area contributed by atoms with Gasteiger partial charge in [-0.05, 0) is 20.9 Å². The minimum Gasteiger partial charge on any atom is -0.665 e. The number of fused-ring (bicyclic) bond motifs is 6. The third-order valence-electron chi connectivity index (χ3n) is 4.69. The quantitative estimate of drug-likeness (QED) is 0.439. The molecule has 0 aliphatic carbocycles. The maximum absolute atomic E-state index is 4.35. The van der Waals surface area contributed by atoms with E-state index in [2.05, 4.69) is 69.8 Å². The first-order valence-corrected chi connectivity index (χ1v) is 9.07. The second-order valence-electron chi connectivity index (χ2n) is 6.43. The maximum atomic E-state index is 4.35. The predicted octanol–water partition coefficient (Wildman–Crippen LogP) is 3.70. The monoisotopic (exact) mass is 442 g/mol. The van der Waals surface area contributed by atoms with Crippen LogP contribution in [-0.2, 0) is 22.5 Å². The molecule has 6 heteroatoms. The van der Waals surface area contributed by atoms with Gasteiger partial charge in [-0.2, -0.15) is 24.8 Å². The van der Waals surface area contributed by atoms with Crippen molar-refractivity contribution in [2.45, 2.75) is 0 Å². The molecule has 30 heavy (non-hydrogen) atoms. The van der Waals surface area contributed by atoms with Gasteiger partial charge in [0.15, 0.2) is 0 Å². The van der Waals surface area contributed by atoms with Gasteiger partial charge in [-0.15, -0.1) is 22.7 Å². The summed E-state index contributed by atoms with van der Waals surface area (Å²) in [5.74, 6) is 0. The van der Waals surface area contributed by atoms with E-state index in [0.29, 0.717) is 0 Å². The fourth-order valence-corrected chi connectivity index (χ4v) is 3.36. The third kappa shape index (κ3) is 3.98. The molecule has 6 rings (SSSR count). The second-order valence-corrected chi connectivity index (χ2v) is 6.43. The molecule has 0 amide bonds. The first-order valence-electron chi connectivity index (χ1n) is 9.07. The molecule has 4 aliphatic heterocycles. The number of hydrogen-bond donors (Lipinski definition) is 0. The Bertz CT molecular complexity index is 1110. The van der Waals surface area contributed by atoms with Gasteiger partial charge < -0.3 is 26.7 Å². The summed E-state index contributed by atoms with van der Waals surface area (Å²) in [6, 6.07) is 8.30. The van der Waals surface area contributed by atoms with Crippen LogP contribution in [0.4, 0.5) is 22.7 Å². The fraction of sp³-hybridized carbons (Fsp3) is 0. The Kier molecular flexibility index (Phi) is 6.65. The molecule has 4 aliphatic rings. The average molecular weight is 443 g/mol. The largest absolute Gasteiger partial charge is 2.00 e. The second kappa shape index (κ2) is 9.37. The van der Waals surface area contributed by atoms with Crippen LogP contribution in [-0.4, -0.2) is 0 Å². The summed E-state index contributed by atoms with van der Waals surface area (Å²) in [4.78, 5) is 0. The Morgan fingerprint density at radius 2 is 0.633 bits per heavy atom. The minimum absolute atomic E-state index is 0. The van der Waals surface area contributed by atoms with E-state index in [1.165, 1.54) is 0 Å². The van der Waals surface area contributed by atoms with Crippen LogP contribution in [0.25, 0.3) is 45.6 Å². The van der Waals surface area contributed by atoms with Gasteiger partial charge in [-0.25, -0.2) is 0 Å². The zero-order chi connectivity index (χ0) is 18.8. The SMILES string of the molecule is C1=C[N-]c2c3c(ccc2=C1)=CC=C[N-]3.C1=C[N-]c2c3c(ccc2=C1)=CC=C[N-]3.[Cu+2].[OH3+]. The van der Waals surface area contributed by atoms with Crippen LogP contribution in [0.5, 0.6) is 0 Å². The summed E-state index contributed by atoms with van der Waals surface area (Å²) < 4.78 is 0. The van der Waals surface area contributed by atoms with Gasteiger partial charge in [0.25, 0.3) is 0 Å². The summed E-state index contributed by atoms with van der Waals surface area (Å²) >= 11 is 0. The predicted molar refractivity (Wildman–Crippen MR) is 123 cm³/mol. The molecule has 1 radical (unpaired) electrons. The Labute approximate surface area is 185 Å². The van der Waals surface area contributed by atoms with E-state index in [1.807, 2.05) is 24.3 Å². The summed E-state index contributed by atoms with van der Waals surface area (Å²) in [5.41, 5.74) is 3.91. The summed E-state index contributed by atoms with van der Waals surface area (Å²) in [6.45, 7) is 0. The van der Waals surface area contributed by atoms with Crippen molar-refractivity contribution in [3.8, 4) is 0 Å². The Balaban J connectivity index is 0.000000160. The Morgan fingerprint density at radius 3 is 0.867 bits per heavy atom. The van der Waals surface area contributed by atoms with E-state index in [9.17, 15) is 0 Å². The van der Waals surface area contributed by atoms with Crippen molar-refractivity contribution >= 4 is 47.1 Å². The van der Waals surface area contributed by atoms with Gasteiger partial charge in [0.2, 0.25) is 0 Å². The van der Waals surface area contributed by atoms with E-state index in [4.69, 9.17) is 0 Å². The van der Waals surface area contributed by atoms with E-state index in [-0.39, 0.29) is 22.5 Å². The van der Waals surface area contributed by atoms with Crippen molar-refractivity contribution in [1.29, 1.82) is 0 Å². The minimum atomic E-state index is 0. The number of rotatable bonds is 0. The Hall–Kier alpha value is -3.44. The van der Waals surface area contributed by atoms with Gasteiger partial charge >= 0.3 is 17.1 Å². The van der Waals surface area contributed by atoms with Crippen molar-refractivity contribution in [2.75, 3.05) is 0 Å². The van der Waals surface area contributed by atoms with E-state index in [1.54, 1.807) is 24.8 Å². The molecule has 153 valence electrons. The molecule has 0 saturated carbocycles. The molecule has 0 spiro atoms. The first kappa shape index (κ1) is 21.3. The summed E-state index contributed by atoms with van der Waals surface area (Å²) in [5, 5.41) is 21.9. The van der Waals surface area contributed by atoms with Gasteiger partial charge in [0, 0.05) is 0 Å². The molecule has 2 aromatic carbocycles. The molecular weight excluding hydrogens is 424 g/mol. The zero-order valence-electron chi connectivity index (χ0n) is 15.9. The van der Waals surface area contributed by atoms with Crippen molar-refractivity contribution in [3.05, 3.63) is 116 Å². The molecule has 0 fully saturated rings. The van der Waals surface area contributed by atoms with Gasteiger partial charge in [0.1, 0.15) is 0 Å². The van der Waals surface area contributed by atoms with Gasteiger partial charge in [0.05, 0.1) is 0 Å². The molecule has 5 nitrogen and oxygen atoms in total. The fourth-order valence-electron chi connectivity index (χ4n) is 3.36. The molecule has 0 atom stereocenters. The molecule has 0 bridgehead atoms. The number of hydrogen-bond acceptors (Lipinski definition) is 0. The molecule has 0 saturated heterocycles. The van der Waals surface area contributed by atoms with Crippen LogP contribution in [0.1, 0.15) is 0 Å². The third-order valence-corrected chi connectivity index (χ3v) is 4.69. The molecule has 3 N–H and O–H groups in total. The molecular formula is C24H19CuN4O-. The van der Waals surface area contributed by atoms with E-state index in [0.717, 1.165) is 43.6 Å². The van der Waals surface area contributed by atoms with Crippen LogP contribution >= 0.6 is 0 Å². The molecule has 0 unspecified atom stereocenters. The normalized spacial score (nSPS) is 14.4. The zero-order valence-corrected chi connectivity index (χ0v) is 16.8. The van der Waals surface area contributed by atoms with Crippen molar-refractivity contribution in [2.24, 2.45) is 0 Å². The number of allylic oxidation sites excluding steroid dienone is 4. The molecule has 0 aromatic heterocycles. The smallest absolute Gasteiger partial charge is 0.665 e. The maximum Gasteiger partial charge on any atom is 2.00 e. The van der Waals surface area contributed by atoms with Gasteiger partial charge in [-0.3, -0.25) is 0 Å². The van der Waals surface area contributed by atoms with E-state index < -0.39 is 0 Å². The standard InChI is InChI=1S/2C12H8N2.Cu.H2O/c2*1-3-9-5-6-10-4-2-8-14-12(10)11(9)13-7-1;;/h2*1-8H;;1H2/q2*-2;+2;/p+1. The summed E-state index contributed by atoms with van der Waals surface area (Å²) in [7, 11) is 0. The average Bonchev–Trinajstić information content (AvgIpc) is 2.79. The molecule has 2 aromatic rings. The van der Waals surface area contributed by atoms with Crippen molar-refractivity contribution in [1.82, 2.24) is 0 Å². The topological polar surface area (TPSA) is 89.4 Å². The van der Waals surface area contributed by atoms with E-state index >= 15 is 0 Å². The number of nitrogens with zero attached hydrogens (tertiary/aromatic N) is 4. The van der Waals surface area contributed by atoms with Crippen molar-refractivity contribution in [3.63, 3.8) is 0 Å². The number of benzene rings is 2. The van der Waals surface area contributed by atoms with Gasteiger partial charge in [-0.1, -0.05) is 72.9 Å². The molecule has 4 heterocycles. The Morgan fingerprint density at radius 1 is 0.400 bits per heavy atom. The van der Waals surface area contributed by atoms with Crippen LogP contribution in [0.15, 0.2) is 73.4 Å². The summed E-state index contributed by atoms with van der Waals surface area (Å²) in [6.07, 6.45) is 23.2. The van der Waals surface area contributed by atoms with Crippen LogP contribution in [0.2, 0.25) is 0 Å².